The maximum Gasteiger partial charge on any atom is 0.275 e. The van der Waals surface area contributed by atoms with Gasteiger partial charge in [0.05, 0.1) is 6.04 Å². The van der Waals surface area contributed by atoms with Crippen molar-refractivity contribution >= 4 is 5.91 Å². The zero-order valence-electron chi connectivity index (χ0n) is 15.8. The predicted molar refractivity (Wildman–Crippen MR) is 103 cm³/mol. The molecule has 0 fully saturated rings. The van der Waals surface area contributed by atoms with Crippen molar-refractivity contribution in [1.29, 1.82) is 0 Å². The fourth-order valence-electron chi connectivity index (χ4n) is 4.03. The Labute approximate surface area is 163 Å². The van der Waals surface area contributed by atoms with E-state index in [-0.39, 0.29) is 24.7 Å². The number of rotatable bonds is 4. The van der Waals surface area contributed by atoms with Crippen LogP contribution in [0.3, 0.4) is 0 Å². The lowest BCUT2D eigenvalue weighted by molar-refractivity contribution is 0.0729. The molecule has 1 unspecified atom stereocenters. The second-order valence-corrected chi connectivity index (χ2v) is 7.49. The van der Waals surface area contributed by atoms with Gasteiger partial charge in [-0.3, -0.25) is 9.89 Å². The third-order valence-electron chi connectivity index (χ3n) is 5.37. The average Bonchev–Trinajstić information content (AvgIpc) is 3.39. The van der Waals surface area contributed by atoms with E-state index >= 15 is 0 Å². The van der Waals surface area contributed by atoms with Crippen LogP contribution in [0, 0.1) is 0 Å². The van der Waals surface area contributed by atoms with E-state index in [1.807, 2.05) is 53.4 Å². The van der Waals surface area contributed by atoms with Crippen molar-refractivity contribution in [3.05, 3.63) is 76.6 Å². The molecule has 0 saturated carbocycles. The summed E-state index contributed by atoms with van der Waals surface area (Å²) < 4.78 is 11.0. The first-order chi connectivity index (χ1) is 13.6. The molecule has 3 aromatic rings. The lowest BCUT2D eigenvalue weighted by Crippen LogP contribution is -2.29. The summed E-state index contributed by atoms with van der Waals surface area (Å²) in [5.41, 5.74) is 4.57. The number of aromatic amines is 1. The zero-order valence-corrected chi connectivity index (χ0v) is 15.8. The lowest BCUT2D eigenvalue weighted by atomic mass is 9.94. The van der Waals surface area contributed by atoms with Crippen molar-refractivity contribution in [2.75, 3.05) is 6.79 Å². The van der Waals surface area contributed by atoms with Crippen LogP contribution in [-0.4, -0.2) is 27.8 Å². The van der Waals surface area contributed by atoms with Crippen LogP contribution in [-0.2, 0) is 6.54 Å². The number of ether oxygens (including phenoxy) is 2. The number of nitrogens with one attached hydrogen (secondary N) is 1. The van der Waals surface area contributed by atoms with Crippen LogP contribution in [0.1, 0.15) is 58.7 Å². The number of H-pyrrole nitrogens is 1. The highest BCUT2D eigenvalue weighted by molar-refractivity contribution is 5.98. The molecule has 142 valence electrons. The third-order valence-corrected chi connectivity index (χ3v) is 5.37. The molecule has 0 spiro atoms. The Morgan fingerprint density at radius 1 is 1.14 bits per heavy atom. The smallest absolute Gasteiger partial charge is 0.275 e. The molecule has 2 aliphatic heterocycles. The highest BCUT2D eigenvalue weighted by atomic mass is 16.7. The van der Waals surface area contributed by atoms with Gasteiger partial charge >= 0.3 is 0 Å². The van der Waals surface area contributed by atoms with Gasteiger partial charge < -0.3 is 14.4 Å². The highest BCUT2D eigenvalue weighted by Crippen LogP contribution is 2.44. The number of benzene rings is 2. The summed E-state index contributed by atoms with van der Waals surface area (Å²) in [6, 6.07) is 15.7. The van der Waals surface area contributed by atoms with E-state index < -0.39 is 0 Å². The summed E-state index contributed by atoms with van der Waals surface area (Å²) in [6.07, 6.45) is 0. The van der Waals surface area contributed by atoms with Crippen molar-refractivity contribution in [3.63, 3.8) is 0 Å². The normalized spacial score (nSPS) is 17.5. The largest absolute Gasteiger partial charge is 0.454 e. The minimum atomic E-state index is -0.214. The monoisotopic (exact) mass is 375 g/mol. The molecule has 0 radical (unpaired) electrons. The molecule has 6 heteroatoms. The molecular formula is C22H21N3O3. The molecule has 3 heterocycles. The quantitative estimate of drug-likeness (QED) is 0.748. The van der Waals surface area contributed by atoms with Gasteiger partial charge in [-0.25, -0.2) is 0 Å². The Morgan fingerprint density at radius 2 is 1.93 bits per heavy atom. The fourth-order valence-corrected chi connectivity index (χ4v) is 4.03. The van der Waals surface area contributed by atoms with Crippen molar-refractivity contribution in [3.8, 4) is 11.5 Å². The topological polar surface area (TPSA) is 67.5 Å². The summed E-state index contributed by atoms with van der Waals surface area (Å²) in [6.45, 7) is 4.96. The highest BCUT2D eigenvalue weighted by Gasteiger charge is 2.42. The summed E-state index contributed by atoms with van der Waals surface area (Å²) in [4.78, 5) is 15.1. The van der Waals surface area contributed by atoms with Crippen LogP contribution in [0.15, 0.2) is 48.5 Å². The van der Waals surface area contributed by atoms with Gasteiger partial charge in [-0.15, -0.1) is 0 Å². The Kier molecular flexibility index (Phi) is 3.86. The Bertz CT molecular complexity index is 1040. The molecule has 5 rings (SSSR count). The minimum Gasteiger partial charge on any atom is -0.454 e. The second-order valence-electron chi connectivity index (χ2n) is 7.49. The predicted octanol–water partition coefficient (Wildman–Crippen LogP) is 4.01. The number of amides is 1. The van der Waals surface area contributed by atoms with Crippen molar-refractivity contribution < 1.29 is 14.3 Å². The number of carbonyl (C=O) groups is 1. The van der Waals surface area contributed by atoms with Crippen molar-refractivity contribution in [2.24, 2.45) is 0 Å². The van der Waals surface area contributed by atoms with Crippen molar-refractivity contribution in [1.82, 2.24) is 15.1 Å². The second kappa shape index (κ2) is 6.41. The Balaban J connectivity index is 1.63. The molecular weight excluding hydrogens is 354 g/mol. The van der Waals surface area contributed by atoms with Gasteiger partial charge in [0.25, 0.3) is 5.91 Å². The van der Waals surface area contributed by atoms with Crippen LogP contribution in [0.25, 0.3) is 0 Å². The van der Waals surface area contributed by atoms with Crippen molar-refractivity contribution in [2.45, 2.75) is 32.4 Å². The Hall–Kier alpha value is -3.28. The molecule has 6 nitrogen and oxygen atoms in total. The SMILES string of the molecule is CC(C)c1[nH]nc2c1C(c1ccc3c(c1)OCO3)N(Cc1ccccc1)C2=O. The first-order valence-electron chi connectivity index (χ1n) is 9.46. The maximum absolute atomic E-state index is 13.2. The lowest BCUT2D eigenvalue weighted by Gasteiger charge is -2.27. The number of aromatic nitrogens is 2. The van der Waals surface area contributed by atoms with E-state index in [0.717, 1.165) is 28.1 Å². The standard InChI is InChI=1S/C22H21N3O3/c1-13(2)19-18-20(24-23-19)22(26)25(11-14-6-4-3-5-7-14)21(18)15-8-9-16-17(10-15)28-12-27-16/h3-10,13,21H,11-12H2,1-2H3,(H,23,24). The molecule has 0 bridgehead atoms. The number of fused-ring (bicyclic) bond motifs is 2. The van der Waals surface area contributed by atoms with Gasteiger partial charge in [-0.05, 0) is 29.2 Å². The molecule has 2 aliphatic rings. The van der Waals surface area contributed by atoms with Gasteiger partial charge in [0.1, 0.15) is 0 Å². The van der Waals surface area contributed by atoms with Gasteiger partial charge in [0.2, 0.25) is 6.79 Å². The summed E-state index contributed by atoms with van der Waals surface area (Å²) >= 11 is 0. The number of hydrogen-bond donors (Lipinski definition) is 1. The fraction of sp³-hybridized carbons (Fsp3) is 0.273. The molecule has 1 aromatic heterocycles. The summed E-state index contributed by atoms with van der Waals surface area (Å²) in [5, 5.41) is 7.46. The number of carbonyl (C=O) groups excluding carboxylic acids is 1. The van der Waals surface area contributed by atoms with Crippen LogP contribution in [0.2, 0.25) is 0 Å². The third kappa shape index (κ3) is 2.56. The zero-order chi connectivity index (χ0) is 19.3. The van der Waals surface area contributed by atoms with E-state index in [0.29, 0.717) is 18.0 Å². The van der Waals surface area contributed by atoms with Crippen LogP contribution >= 0.6 is 0 Å². The molecule has 1 N–H and O–H groups in total. The van der Waals surface area contributed by atoms with E-state index in [1.165, 1.54) is 0 Å². The van der Waals surface area contributed by atoms with E-state index in [2.05, 4.69) is 24.0 Å². The number of nitrogens with zero attached hydrogens (tertiary/aromatic N) is 2. The van der Waals surface area contributed by atoms with Gasteiger partial charge in [0.15, 0.2) is 17.2 Å². The summed E-state index contributed by atoms with van der Waals surface area (Å²) in [7, 11) is 0. The molecule has 0 saturated heterocycles. The Morgan fingerprint density at radius 3 is 2.71 bits per heavy atom. The first kappa shape index (κ1) is 16.9. The van der Waals surface area contributed by atoms with Crippen LogP contribution in [0.5, 0.6) is 11.5 Å². The average molecular weight is 375 g/mol. The molecule has 1 atom stereocenters. The first-order valence-corrected chi connectivity index (χ1v) is 9.46. The molecule has 0 aliphatic carbocycles. The number of hydrogen-bond acceptors (Lipinski definition) is 4. The van der Waals surface area contributed by atoms with Gasteiger partial charge in [-0.2, -0.15) is 5.10 Å². The van der Waals surface area contributed by atoms with E-state index in [9.17, 15) is 4.79 Å². The van der Waals surface area contributed by atoms with E-state index in [4.69, 9.17) is 9.47 Å². The maximum atomic E-state index is 13.2. The summed E-state index contributed by atoms with van der Waals surface area (Å²) in [5.74, 6) is 1.63. The van der Waals surface area contributed by atoms with Gasteiger partial charge in [-0.1, -0.05) is 50.2 Å². The van der Waals surface area contributed by atoms with E-state index in [1.54, 1.807) is 0 Å². The minimum absolute atomic E-state index is 0.0512. The van der Waals surface area contributed by atoms with Gasteiger partial charge in [0, 0.05) is 17.8 Å². The molecule has 28 heavy (non-hydrogen) atoms. The van der Waals surface area contributed by atoms with Crippen LogP contribution < -0.4 is 9.47 Å². The van der Waals surface area contributed by atoms with Crippen LogP contribution in [0.4, 0.5) is 0 Å². The molecule has 1 amide bonds. The molecule has 2 aromatic carbocycles.